The molecule has 0 saturated heterocycles. The van der Waals surface area contributed by atoms with Crippen molar-refractivity contribution in [2.75, 3.05) is 13.7 Å². The van der Waals surface area contributed by atoms with Gasteiger partial charge in [-0.1, -0.05) is 56.3 Å². The van der Waals surface area contributed by atoms with Crippen LogP contribution in [0.1, 0.15) is 54.1 Å². The summed E-state index contributed by atoms with van der Waals surface area (Å²) in [5, 5.41) is 0. The van der Waals surface area contributed by atoms with Gasteiger partial charge in [0.1, 0.15) is 6.29 Å². The molecule has 0 spiro atoms. The Bertz CT molecular complexity index is 635. The quantitative estimate of drug-likeness (QED) is 0.388. The maximum atomic E-state index is 11.1. The van der Waals surface area contributed by atoms with E-state index in [9.17, 15) is 9.59 Å². The topological polar surface area (TPSA) is 52.6 Å². The third-order valence-corrected chi connectivity index (χ3v) is 3.81. The summed E-state index contributed by atoms with van der Waals surface area (Å²) in [6.45, 7) is 5.69. The second kappa shape index (κ2) is 12.8. The Balaban J connectivity index is 0.000000273. The normalized spacial score (nSPS) is 11.0. The zero-order valence-electron chi connectivity index (χ0n) is 15.8. The highest BCUT2D eigenvalue weighted by Gasteiger charge is 2.07. The van der Waals surface area contributed by atoms with Crippen LogP contribution in [-0.2, 0) is 20.9 Å². The molecule has 0 N–H and O–H groups in total. The number of carbonyl (C=O) groups excluding carboxylic acids is 2. The van der Waals surface area contributed by atoms with Crippen LogP contribution in [0.5, 0.6) is 0 Å². The number of rotatable bonds is 8. The number of aldehydes is 1. The number of hydrogen-bond donors (Lipinski definition) is 0. The monoisotopic (exact) mass is 356 g/mol. The number of hydrogen-bond acceptors (Lipinski definition) is 4. The highest BCUT2D eigenvalue weighted by Crippen LogP contribution is 2.18. The van der Waals surface area contributed by atoms with Gasteiger partial charge < -0.3 is 14.3 Å². The zero-order valence-corrected chi connectivity index (χ0v) is 15.8. The molecule has 0 aliphatic heterocycles. The second-order valence-corrected chi connectivity index (χ2v) is 5.96. The highest BCUT2D eigenvalue weighted by molar-refractivity contribution is 5.89. The smallest absolute Gasteiger partial charge is 0.337 e. The summed E-state index contributed by atoms with van der Waals surface area (Å²) in [5.41, 5.74) is 2.83. The fourth-order valence-electron chi connectivity index (χ4n) is 2.25. The fraction of sp³-hybridized carbons (Fsp3) is 0.364. The minimum absolute atomic E-state index is 0.189. The molecule has 0 heterocycles. The van der Waals surface area contributed by atoms with E-state index in [0.29, 0.717) is 12.0 Å². The zero-order chi connectivity index (χ0) is 19.2. The predicted molar refractivity (Wildman–Crippen MR) is 103 cm³/mol. The molecular weight excluding hydrogens is 328 g/mol. The summed E-state index contributed by atoms with van der Waals surface area (Å²) in [4.78, 5) is 21.5. The van der Waals surface area contributed by atoms with Crippen molar-refractivity contribution >= 4 is 12.3 Å². The lowest BCUT2D eigenvalue weighted by atomic mass is 9.97. The second-order valence-electron chi connectivity index (χ2n) is 5.96. The van der Waals surface area contributed by atoms with E-state index < -0.39 is 0 Å². The molecule has 0 aliphatic rings. The Labute approximate surface area is 156 Å². The van der Waals surface area contributed by atoms with Crippen molar-refractivity contribution in [1.29, 1.82) is 0 Å². The first-order valence-electron chi connectivity index (χ1n) is 8.85. The number of methoxy groups -OCH3 is 1. The molecule has 4 nitrogen and oxygen atoms in total. The molecule has 2 aromatic carbocycles. The average molecular weight is 356 g/mol. The summed E-state index contributed by atoms with van der Waals surface area (Å²) in [7, 11) is 1.35. The van der Waals surface area contributed by atoms with E-state index in [1.165, 1.54) is 12.7 Å². The van der Waals surface area contributed by atoms with Crippen LogP contribution >= 0.6 is 0 Å². The first kappa shape index (κ1) is 21.6. The lowest BCUT2D eigenvalue weighted by Crippen LogP contribution is -2.01. The van der Waals surface area contributed by atoms with Crippen LogP contribution in [0.15, 0.2) is 54.6 Å². The van der Waals surface area contributed by atoms with Crippen molar-refractivity contribution in [1.82, 2.24) is 0 Å². The van der Waals surface area contributed by atoms with Gasteiger partial charge in [0, 0.05) is 13.0 Å². The summed E-state index contributed by atoms with van der Waals surface area (Å²) < 4.78 is 9.96. The van der Waals surface area contributed by atoms with Crippen LogP contribution in [0.3, 0.4) is 0 Å². The van der Waals surface area contributed by atoms with Gasteiger partial charge in [-0.25, -0.2) is 4.79 Å². The summed E-state index contributed by atoms with van der Waals surface area (Å²) >= 11 is 0. The largest absolute Gasteiger partial charge is 0.465 e. The Morgan fingerprint density at radius 2 is 1.73 bits per heavy atom. The van der Waals surface area contributed by atoms with Gasteiger partial charge in [0.05, 0.1) is 19.3 Å². The van der Waals surface area contributed by atoms with Gasteiger partial charge in [-0.3, -0.25) is 0 Å². The lowest BCUT2D eigenvalue weighted by molar-refractivity contribution is -0.108. The summed E-state index contributed by atoms with van der Waals surface area (Å²) in [6, 6.07) is 17.4. The average Bonchev–Trinajstić information content (AvgIpc) is 2.69. The SMILES string of the molecule is CCCOCc1ccccc1.COC(=O)c1ccc(C(C)CC=O)cc1. The van der Waals surface area contributed by atoms with E-state index in [4.69, 9.17) is 4.74 Å². The molecule has 26 heavy (non-hydrogen) atoms. The van der Waals surface area contributed by atoms with Gasteiger partial charge >= 0.3 is 5.97 Å². The Morgan fingerprint density at radius 3 is 2.27 bits per heavy atom. The number of ether oxygens (including phenoxy) is 2. The molecular formula is C22H28O4. The molecule has 1 unspecified atom stereocenters. The third-order valence-electron chi connectivity index (χ3n) is 3.81. The standard InChI is InChI=1S/C12H14O3.C10H14O/c1-9(7-8-13)10-3-5-11(6-4-10)12(14)15-2;1-2-8-11-9-10-6-4-3-5-7-10/h3-6,8-9H,7H2,1-2H3;3-7H,2,8-9H2,1H3. The third kappa shape index (κ3) is 8.08. The minimum atomic E-state index is -0.343. The van der Waals surface area contributed by atoms with Crippen LogP contribution in [0.25, 0.3) is 0 Å². The minimum Gasteiger partial charge on any atom is -0.465 e. The van der Waals surface area contributed by atoms with E-state index in [0.717, 1.165) is 31.5 Å². The van der Waals surface area contributed by atoms with Crippen molar-refractivity contribution in [3.8, 4) is 0 Å². The van der Waals surface area contributed by atoms with Gasteiger partial charge in [0.25, 0.3) is 0 Å². The predicted octanol–water partition coefficient (Wildman–Crippen LogP) is 4.78. The maximum Gasteiger partial charge on any atom is 0.337 e. The molecule has 2 rings (SSSR count). The molecule has 0 saturated carbocycles. The first-order valence-corrected chi connectivity index (χ1v) is 8.85. The van der Waals surface area contributed by atoms with E-state index in [1.807, 2.05) is 37.3 Å². The molecule has 0 fully saturated rings. The molecule has 0 aliphatic carbocycles. The van der Waals surface area contributed by atoms with Gasteiger partial charge in [0.2, 0.25) is 0 Å². The van der Waals surface area contributed by atoms with Crippen molar-refractivity contribution in [3.05, 3.63) is 71.3 Å². The van der Waals surface area contributed by atoms with E-state index >= 15 is 0 Å². The highest BCUT2D eigenvalue weighted by atomic mass is 16.5. The Morgan fingerprint density at radius 1 is 1.08 bits per heavy atom. The van der Waals surface area contributed by atoms with Crippen LogP contribution in [0.2, 0.25) is 0 Å². The van der Waals surface area contributed by atoms with Crippen LogP contribution < -0.4 is 0 Å². The Hall–Kier alpha value is -2.46. The van der Waals surface area contributed by atoms with E-state index in [-0.39, 0.29) is 11.9 Å². The van der Waals surface area contributed by atoms with Crippen molar-refractivity contribution in [3.63, 3.8) is 0 Å². The number of carbonyl (C=O) groups is 2. The first-order chi connectivity index (χ1) is 12.6. The molecule has 2 aromatic rings. The van der Waals surface area contributed by atoms with Gasteiger partial charge in [0.15, 0.2) is 0 Å². The summed E-state index contributed by atoms with van der Waals surface area (Å²) in [5.74, 6) is -0.154. The fourth-order valence-corrected chi connectivity index (χ4v) is 2.25. The molecule has 4 heteroatoms. The number of esters is 1. The molecule has 0 radical (unpaired) electrons. The van der Waals surface area contributed by atoms with E-state index in [1.54, 1.807) is 12.1 Å². The molecule has 140 valence electrons. The van der Waals surface area contributed by atoms with Crippen LogP contribution in [0.4, 0.5) is 0 Å². The van der Waals surface area contributed by atoms with Gasteiger partial charge in [-0.15, -0.1) is 0 Å². The van der Waals surface area contributed by atoms with Gasteiger partial charge in [-0.2, -0.15) is 0 Å². The van der Waals surface area contributed by atoms with Crippen LogP contribution in [0, 0.1) is 0 Å². The van der Waals surface area contributed by atoms with Crippen LogP contribution in [-0.4, -0.2) is 26.0 Å². The molecule has 1 atom stereocenters. The lowest BCUT2D eigenvalue weighted by Gasteiger charge is -2.08. The molecule has 0 bridgehead atoms. The van der Waals surface area contributed by atoms with E-state index in [2.05, 4.69) is 23.8 Å². The van der Waals surface area contributed by atoms with Crippen molar-refractivity contribution in [2.45, 2.75) is 39.2 Å². The maximum absolute atomic E-state index is 11.1. The molecule has 0 aromatic heterocycles. The number of benzene rings is 2. The molecule has 0 amide bonds. The van der Waals surface area contributed by atoms with Crippen molar-refractivity contribution in [2.24, 2.45) is 0 Å². The summed E-state index contributed by atoms with van der Waals surface area (Å²) in [6.07, 6.45) is 2.49. The van der Waals surface area contributed by atoms with Gasteiger partial charge in [-0.05, 0) is 35.6 Å². The van der Waals surface area contributed by atoms with Crippen molar-refractivity contribution < 1.29 is 19.1 Å². The Kier molecular flexibility index (Phi) is 10.7.